The molecule has 1 aliphatic heterocycles. The van der Waals surface area contributed by atoms with Gasteiger partial charge >= 0.3 is 0 Å². The average Bonchev–Trinajstić information content (AvgIpc) is 3.25. The molecule has 1 aliphatic rings. The number of benzene rings is 3. The van der Waals surface area contributed by atoms with Gasteiger partial charge in [-0.2, -0.15) is 5.10 Å². The fraction of sp³-hybridized carbons (Fsp3) is 0.192. The van der Waals surface area contributed by atoms with Crippen molar-refractivity contribution in [3.05, 3.63) is 89.7 Å². The van der Waals surface area contributed by atoms with Gasteiger partial charge in [-0.1, -0.05) is 30.3 Å². The van der Waals surface area contributed by atoms with Crippen LogP contribution in [0.2, 0.25) is 0 Å². The van der Waals surface area contributed by atoms with Crippen molar-refractivity contribution in [2.75, 3.05) is 18.6 Å². The van der Waals surface area contributed by atoms with Gasteiger partial charge in [0, 0.05) is 18.7 Å². The van der Waals surface area contributed by atoms with E-state index < -0.39 is 5.92 Å². The van der Waals surface area contributed by atoms with Crippen molar-refractivity contribution in [2.45, 2.75) is 13.0 Å². The molecule has 0 aromatic heterocycles. The van der Waals surface area contributed by atoms with Crippen LogP contribution >= 0.6 is 0 Å². The van der Waals surface area contributed by atoms with Crippen LogP contribution in [0, 0.1) is 11.7 Å². The molecule has 2 amide bonds. The molecule has 3 aromatic carbocycles. The molecule has 0 spiro atoms. The third-order valence-corrected chi connectivity index (χ3v) is 5.45. The third-order valence-electron chi connectivity index (χ3n) is 5.45. The van der Waals surface area contributed by atoms with Crippen LogP contribution in [0.5, 0.6) is 11.5 Å². The average molecular weight is 461 g/mol. The number of halogens is 1. The number of methoxy groups -OCH3 is 1. The maximum absolute atomic E-state index is 13.1. The number of hydrazone groups is 1. The minimum absolute atomic E-state index is 0.0694. The zero-order valence-corrected chi connectivity index (χ0v) is 18.6. The van der Waals surface area contributed by atoms with Crippen LogP contribution in [-0.4, -0.2) is 31.7 Å². The summed E-state index contributed by atoms with van der Waals surface area (Å²) in [6, 6.07) is 20.7. The number of hydrogen-bond acceptors (Lipinski definition) is 5. The van der Waals surface area contributed by atoms with Gasteiger partial charge in [-0.05, 0) is 53.6 Å². The molecule has 4 rings (SSSR count). The number of amides is 2. The molecule has 0 aliphatic carbocycles. The van der Waals surface area contributed by atoms with Crippen molar-refractivity contribution in [1.82, 2.24) is 5.43 Å². The molecule has 34 heavy (non-hydrogen) atoms. The van der Waals surface area contributed by atoms with E-state index >= 15 is 0 Å². The maximum Gasteiger partial charge on any atom is 0.245 e. The highest BCUT2D eigenvalue weighted by atomic mass is 19.1. The second-order valence-electron chi connectivity index (χ2n) is 7.80. The van der Waals surface area contributed by atoms with Gasteiger partial charge in [0.05, 0.1) is 19.2 Å². The van der Waals surface area contributed by atoms with E-state index in [9.17, 15) is 14.0 Å². The Morgan fingerprint density at radius 3 is 2.62 bits per heavy atom. The minimum atomic E-state index is -0.544. The molecule has 0 bridgehead atoms. The van der Waals surface area contributed by atoms with Crippen molar-refractivity contribution in [2.24, 2.45) is 11.0 Å². The van der Waals surface area contributed by atoms with Gasteiger partial charge in [0.15, 0.2) is 11.5 Å². The lowest BCUT2D eigenvalue weighted by Gasteiger charge is -2.16. The van der Waals surface area contributed by atoms with Crippen LogP contribution in [0.3, 0.4) is 0 Å². The van der Waals surface area contributed by atoms with E-state index in [-0.39, 0.29) is 30.6 Å². The summed E-state index contributed by atoms with van der Waals surface area (Å²) in [7, 11) is 1.55. The van der Waals surface area contributed by atoms with Crippen molar-refractivity contribution in [3.8, 4) is 11.5 Å². The molecule has 0 saturated carbocycles. The fourth-order valence-electron chi connectivity index (χ4n) is 3.63. The molecule has 3 aromatic rings. The normalized spacial score (nSPS) is 15.5. The number of hydrogen-bond donors (Lipinski definition) is 1. The Kier molecular flexibility index (Phi) is 7.17. The Hall–Kier alpha value is -4.20. The lowest BCUT2D eigenvalue weighted by atomic mass is 10.1. The van der Waals surface area contributed by atoms with Crippen LogP contribution in [-0.2, 0) is 16.2 Å². The molecule has 174 valence electrons. The Labute approximate surface area is 196 Å². The topological polar surface area (TPSA) is 80.2 Å². The van der Waals surface area contributed by atoms with Crippen molar-refractivity contribution in [1.29, 1.82) is 0 Å². The van der Waals surface area contributed by atoms with Crippen molar-refractivity contribution >= 4 is 23.7 Å². The summed E-state index contributed by atoms with van der Waals surface area (Å²) in [6.45, 7) is 0.628. The van der Waals surface area contributed by atoms with Crippen molar-refractivity contribution < 1.29 is 23.5 Å². The third kappa shape index (κ3) is 5.58. The predicted octanol–water partition coefficient (Wildman–Crippen LogP) is 3.92. The monoisotopic (exact) mass is 461 g/mol. The fourth-order valence-corrected chi connectivity index (χ4v) is 3.63. The molecular formula is C26H24FN3O4. The summed E-state index contributed by atoms with van der Waals surface area (Å²) in [5.74, 6) is -0.333. The van der Waals surface area contributed by atoms with E-state index in [0.717, 1.165) is 5.56 Å². The number of nitrogens with zero attached hydrogens (tertiary/aromatic N) is 2. The van der Waals surface area contributed by atoms with Crippen molar-refractivity contribution in [3.63, 3.8) is 0 Å². The minimum Gasteiger partial charge on any atom is -0.493 e. The summed E-state index contributed by atoms with van der Waals surface area (Å²) in [6.07, 6.45) is 1.57. The predicted molar refractivity (Wildman–Crippen MR) is 126 cm³/mol. The van der Waals surface area contributed by atoms with Gasteiger partial charge in [0.25, 0.3) is 0 Å². The van der Waals surface area contributed by atoms with E-state index in [1.807, 2.05) is 30.3 Å². The lowest BCUT2D eigenvalue weighted by molar-refractivity contribution is -0.126. The van der Waals surface area contributed by atoms with Crippen LogP contribution in [0.4, 0.5) is 10.1 Å². The number of anilines is 1. The van der Waals surface area contributed by atoms with Crippen LogP contribution in [0.25, 0.3) is 0 Å². The summed E-state index contributed by atoms with van der Waals surface area (Å²) >= 11 is 0. The zero-order valence-electron chi connectivity index (χ0n) is 18.6. The van der Waals surface area contributed by atoms with Gasteiger partial charge in [-0.15, -0.1) is 0 Å². The number of ether oxygens (including phenoxy) is 2. The SMILES string of the molecule is COc1cc(/C=N\NC(=O)[C@@H]2CC(=O)N(c3ccc(F)cc3)C2)ccc1OCc1ccccc1. The van der Waals surface area contributed by atoms with Gasteiger partial charge in [0.2, 0.25) is 11.8 Å². The number of nitrogens with one attached hydrogen (secondary N) is 1. The first-order valence-electron chi connectivity index (χ1n) is 10.8. The number of carbonyl (C=O) groups is 2. The highest BCUT2D eigenvalue weighted by Crippen LogP contribution is 2.28. The molecule has 1 heterocycles. The smallest absolute Gasteiger partial charge is 0.245 e. The Morgan fingerprint density at radius 1 is 1.12 bits per heavy atom. The second kappa shape index (κ2) is 10.6. The highest BCUT2D eigenvalue weighted by molar-refractivity contribution is 6.00. The van der Waals surface area contributed by atoms with E-state index in [1.54, 1.807) is 25.3 Å². The Morgan fingerprint density at radius 2 is 1.88 bits per heavy atom. The standard InChI is InChI=1S/C26H24FN3O4/c1-33-24-13-19(7-12-23(24)34-17-18-5-3-2-4-6-18)15-28-29-26(32)20-14-25(31)30(16-20)22-10-8-21(27)9-11-22/h2-13,15,20H,14,16-17H2,1H3,(H,29,32)/b28-15-/t20-/m1/s1. The molecule has 0 radical (unpaired) electrons. The Bertz CT molecular complexity index is 1180. The van der Waals surface area contributed by atoms with Crippen LogP contribution < -0.4 is 19.8 Å². The molecule has 1 saturated heterocycles. The summed E-state index contributed by atoms with van der Waals surface area (Å²) < 4.78 is 24.4. The lowest BCUT2D eigenvalue weighted by Crippen LogP contribution is -2.30. The molecule has 8 heteroatoms. The zero-order chi connectivity index (χ0) is 23.9. The molecule has 1 atom stereocenters. The van der Waals surface area contributed by atoms with E-state index in [0.29, 0.717) is 29.4 Å². The summed E-state index contributed by atoms with van der Waals surface area (Å²) in [4.78, 5) is 26.3. The molecule has 1 fully saturated rings. The maximum atomic E-state index is 13.1. The van der Waals surface area contributed by atoms with Gasteiger partial charge < -0.3 is 14.4 Å². The van der Waals surface area contributed by atoms with Crippen LogP contribution in [0.1, 0.15) is 17.5 Å². The molecule has 0 unspecified atom stereocenters. The summed E-state index contributed by atoms with van der Waals surface area (Å²) in [5, 5.41) is 4.02. The van der Waals surface area contributed by atoms with Gasteiger partial charge in [0.1, 0.15) is 12.4 Å². The largest absolute Gasteiger partial charge is 0.493 e. The van der Waals surface area contributed by atoms with E-state index in [2.05, 4.69) is 10.5 Å². The van der Waals surface area contributed by atoms with E-state index in [1.165, 1.54) is 35.4 Å². The van der Waals surface area contributed by atoms with Crippen LogP contribution in [0.15, 0.2) is 77.9 Å². The summed E-state index contributed by atoms with van der Waals surface area (Å²) in [5.41, 5.74) is 4.81. The second-order valence-corrected chi connectivity index (χ2v) is 7.80. The molecule has 1 N–H and O–H groups in total. The first-order valence-corrected chi connectivity index (χ1v) is 10.8. The van der Waals surface area contributed by atoms with Gasteiger partial charge in [-0.25, -0.2) is 9.82 Å². The van der Waals surface area contributed by atoms with Gasteiger partial charge in [-0.3, -0.25) is 9.59 Å². The number of rotatable bonds is 8. The van der Waals surface area contributed by atoms with E-state index in [4.69, 9.17) is 9.47 Å². The first kappa shape index (κ1) is 23.0. The molecular weight excluding hydrogens is 437 g/mol. The molecule has 7 nitrogen and oxygen atoms in total. The quantitative estimate of drug-likeness (QED) is 0.407. The first-order chi connectivity index (χ1) is 16.5. The highest BCUT2D eigenvalue weighted by Gasteiger charge is 2.35. The number of carbonyl (C=O) groups excluding carboxylic acids is 2. The Balaban J connectivity index is 1.33.